The van der Waals surface area contributed by atoms with E-state index in [2.05, 4.69) is 27.7 Å². The standard InChI is InChI=1S/C8H17S/c1-5-9-6-8(4)7(2)3/h7-8H,1,5-6H2,2-4H3. The summed E-state index contributed by atoms with van der Waals surface area (Å²) in [6, 6.07) is 0. The van der Waals surface area contributed by atoms with Crippen LogP contribution in [0.1, 0.15) is 20.8 Å². The monoisotopic (exact) mass is 145 g/mol. The lowest BCUT2D eigenvalue weighted by Gasteiger charge is -2.13. The highest BCUT2D eigenvalue weighted by molar-refractivity contribution is 7.99. The quantitative estimate of drug-likeness (QED) is 0.586. The van der Waals surface area contributed by atoms with Crippen molar-refractivity contribution in [3.05, 3.63) is 6.92 Å². The maximum Gasteiger partial charge on any atom is -0.00393 e. The first-order valence-electron chi connectivity index (χ1n) is 3.55. The molecular weight excluding hydrogens is 128 g/mol. The lowest BCUT2D eigenvalue weighted by Crippen LogP contribution is -2.06. The average Bonchev–Trinajstić information content (AvgIpc) is 1.82. The van der Waals surface area contributed by atoms with Crippen molar-refractivity contribution in [1.29, 1.82) is 0 Å². The van der Waals surface area contributed by atoms with Crippen LogP contribution in [-0.4, -0.2) is 11.5 Å². The molecule has 0 saturated carbocycles. The van der Waals surface area contributed by atoms with E-state index in [4.69, 9.17) is 0 Å². The van der Waals surface area contributed by atoms with Gasteiger partial charge in [0, 0.05) is 0 Å². The number of hydrogen-bond donors (Lipinski definition) is 0. The van der Waals surface area contributed by atoms with E-state index in [-0.39, 0.29) is 0 Å². The maximum absolute atomic E-state index is 3.78. The average molecular weight is 145 g/mol. The normalized spacial score (nSPS) is 14.3. The Morgan fingerprint density at radius 2 is 1.89 bits per heavy atom. The molecule has 0 spiro atoms. The second kappa shape index (κ2) is 5.16. The van der Waals surface area contributed by atoms with Crippen molar-refractivity contribution < 1.29 is 0 Å². The van der Waals surface area contributed by atoms with E-state index in [0.717, 1.165) is 17.6 Å². The maximum atomic E-state index is 3.78. The van der Waals surface area contributed by atoms with E-state index in [9.17, 15) is 0 Å². The molecule has 0 N–H and O–H groups in total. The van der Waals surface area contributed by atoms with Crippen molar-refractivity contribution in [2.75, 3.05) is 11.5 Å². The summed E-state index contributed by atoms with van der Waals surface area (Å²) in [5, 5.41) is 0. The van der Waals surface area contributed by atoms with Crippen LogP contribution in [0.4, 0.5) is 0 Å². The van der Waals surface area contributed by atoms with E-state index in [1.807, 2.05) is 11.8 Å². The van der Waals surface area contributed by atoms with E-state index in [0.29, 0.717) is 0 Å². The Balaban J connectivity index is 3.16. The molecule has 0 aromatic rings. The fourth-order valence-electron chi connectivity index (χ4n) is 0.462. The van der Waals surface area contributed by atoms with Gasteiger partial charge >= 0.3 is 0 Å². The number of thioether (sulfide) groups is 1. The van der Waals surface area contributed by atoms with Gasteiger partial charge in [0.05, 0.1) is 0 Å². The van der Waals surface area contributed by atoms with Gasteiger partial charge in [0.15, 0.2) is 0 Å². The van der Waals surface area contributed by atoms with Crippen LogP contribution < -0.4 is 0 Å². The van der Waals surface area contributed by atoms with Crippen LogP contribution in [0.2, 0.25) is 0 Å². The predicted octanol–water partition coefficient (Wildman–Crippen LogP) is 2.85. The minimum atomic E-state index is 0.823. The fourth-order valence-corrected chi connectivity index (χ4v) is 1.39. The Bertz CT molecular complexity index is 59.6. The Morgan fingerprint density at radius 1 is 1.33 bits per heavy atom. The van der Waals surface area contributed by atoms with Crippen molar-refractivity contribution in [3.63, 3.8) is 0 Å². The minimum absolute atomic E-state index is 0.823. The van der Waals surface area contributed by atoms with Crippen molar-refractivity contribution in [1.82, 2.24) is 0 Å². The molecule has 9 heavy (non-hydrogen) atoms. The third-order valence-electron chi connectivity index (χ3n) is 1.66. The van der Waals surface area contributed by atoms with E-state index in [1.54, 1.807) is 0 Å². The summed E-state index contributed by atoms with van der Waals surface area (Å²) in [6.07, 6.45) is 0. The number of hydrogen-bond acceptors (Lipinski definition) is 1. The molecule has 1 atom stereocenters. The zero-order valence-electron chi connectivity index (χ0n) is 6.68. The van der Waals surface area contributed by atoms with Crippen molar-refractivity contribution >= 4 is 11.8 Å². The molecule has 1 unspecified atom stereocenters. The van der Waals surface area contributed by atoms with Gasteiger partial charge in [-0.25, -0.2) is 0 Å². The van der Waals surface area contributed by atoms with Crippen LogP contribution >= 0.6 is 11.8 Å². The molecule has 0 aliphatic carbocycles. The third kappa shape index (κ3) is 4.83. The van der Waals surface area contributed by atoms with Crippen molar-refractivity contribution in [3.8, 4) is 0 Å². The summed E-state index contributed by atoms with van der Waals surface area (Å²) in [7, 11) is 0. The van der Waals surface area contributed by atoms with Gasteiger partial charge in [-0.2, -0.15) is 11.8 Å². The first kappa shape index (κ1) is 9.35. The summed E-state index contributed by atoms with van der Waals surface area (Å²) in [4.78, 5) is 0. The van der Waals surface area contributed by atoms with Crippen molar-refractivity contribution in [2.24, 2.45) is 11.8 Å². The zero-order chi connectivity index (χ0) is 7.28. The molecule has 55 valence electrons. The fraction of sp³-hybridized carbons (Fsp3) is 0.875. The smallest absolute Gasteiger partial charge is 0.00393 e. The van der Waals surface area contributed by atoms with E-state index in [1.165, 1.54) is 5.75 Å². The number of rotatable bonds is 4. The van der Waals surface area contributed by atoms with Crippen LogP contribution in [0.5, 0.6) is 0 Å². The van der Waals surface area contributed by atoms with Gasteiger partial charge in [0.25, 0.3) is 0 Å². The summed E-state index contributed by atoms with van der Waals surface area (Å²) in [5.41, 5.74) is 0. The van der Waals surface area contributed by atoms with Gasteiger partial charge in [-0.05, 0) is 30.3 Å². The van der Waals surface area contributed by atoms with Gasteiger partial charge in [-0.1, -0.05) is 20.8 Å². The highest BCUT2D eigenvalue weighted by Gasteiger charge is 2.04. The first-order valence-corrected chi connectivity index (χ1v) is 4.71. The topological polar surface area (TPSA) is 0 Å². The summed E-state index contributed by atoms with van der Waals surface area (Å²) >= 11 is 1.93. The Kier molecular flexibility index (Phi) is 5.36. The largest absolute Gasteiger partial charge is 0.162 e. The van der Waals surface area contributed by atoms with Gasteiger partial charge in [0.2, 0.25) is 0 Å². The third-order valence-corrected chi connectivity index (χ3v) is 2.71. The van der Waals surface area contributed by atoms with Gasteiger partial charge in [-0.15, -0.1) is 0 Å². The van der Waals surface area contributed by atoms with Crippen LogP contribution in [0.3, 0.4) is 0 Å². The van der Waals surface area contributed by atoms with E-state index >= 15 is 0 Å². The predicted molar refractivity (Wildman–Crippen MR) is 46.7 cm³/mol. The molecule has 1 heteroatoms. The van der Waals surface area contributed by atoms with E-state index < -0.39 is 0 Å². The second-order valence-electron chi connectivity index (χ2n) is 2.80. The molecule has 0 saturated heterocycles. The van der Waals surface area contributed by atoms with Gasteiger partial charge in [0.1, 0.15) is 0 Å². The zero-order valence-corrected chi connectivity index (χ0v) is 7.50. The summed E-state index contributed by atoms with van der Waals surface area (Å²) in [6.45, 7) is 10.6. The second-order valence-corrected chi connectivity index (χ2v) is 3.95. The molecule has 1 radical (unpaired) electrons. The highest BCUT2D eigenvalue weighted by atomic mass is 32.2. The molecular formula is C8H17S. The molecule has 0 aromatic carbocycles. The lowest BCUT2D eigenvalue weighted by molar-refractivity contribution is 0.465. The highest BCUT2D eigenvalue weighted by Crippen LogP contribution is 2.15. The molecule has 0 nitrogen and oxygen atoms in total. The van der Waals surface area contributed by atoms with Crippen LogP contribution in [-0.2, 0) is 0 Å². The Morgan fingerprint density at radius 3 is 2.22 bits per heavy atom. The molecule has 0 heterocycles. The Hall–Kier alpha value is 0.350. The molecule has 0 aromatic heterocycles. The van der Waals surface area contributed by atoms with Crippen LogP contribution in [0.25, 0.3) is 0 Å². The molecule has 0 rings (SSSR count). The Labute approximate surface area is 63.4 Å². The van der Waals surface area contributed by atoms with Crippen molar-refractivity contribution in [2.45, 2.75) is 20.8 Å². The molecule has 0 bridgehead atoms. The lowest BCUT2D eigenvalue weighted by atomic mass is 10.0. The molecule has 0 aliphatic rings. The molecule has 0 aliphatic heterocycles. The minimum Gasteiger partial charge on any atom is -0.162 e. The van der Waals surface area contributed by atoms with Crippen LogP contribution in [0, 0.1) is 18.8 Å². The molecule has 0 fully saturated rings. The molecule has 0 amide bonds. The SMILES string of the molecule is [CH2]CSCC(C)C(C)C. The van der Waals surface area contributed by atoms with Gasteiger partial charge < -0.3 is 0 Å². The summed E-state index contributed by atoms with van der Waals surface area (Å²) < 4.78 is 0. The van der Waals surface area contributed by atoms with Crippen LogP contribution in [0.15, 0.2) is 0 Å². The first-order chi connectivity index (χ1) is 4.18. The summed E-state index contributed by atoms with van der Waals surface area (Å²) in [5.74, 6) is 3.94. The van der Waals surface area contributed by atoms with Gasteiger partial charge in [-0.3, -0.25) is 0 Å².